The van der Waals surface area contributed by atoms with Gasteiger partial charge in [0.25, 0.3) is 0 Å². The average Bonchev–Trinajstić information content (AvgIpc) is 2.63. The summed E-state index contributed by atoms with van der Waals surface area (Å²) in [4.78, 5) is 15.8. The first kappa shape index (κ1) is 17.9. The zero-order chi connectivity index (χ0) is 17.0. The van der Waals surface area contributed by atoms with Crippen LogP contribution >= 0.6 is 0 Å². The molecule has 0 unspecified atom stereocenters. The molecule has 0 atom stereocenters. The van der Waals surface area contributed by atoms with Crippen LogP contribution in [0.2, 0.25) is 0 Å². The zero-order valence-corrected chi connectivity index (χ0v) is 14.1. The van der Waals surface area contributed by atoms with Gasteiger partial charge in [-0.1, -0.05) is 25.1 Å². The normalized spacial score (nSPS) is 10.4. The molecule has 0 fully saturated rings. The number of hydrogen-bond acceptors (Lipinski definition) is 4. The van der Waals surface area contributed by atoms with E-state index in [9.17, 15) is 4.79 Å². The zero-order valence-electron chi connectivity index (χ0n) is 14.1. The van der Waals surface area contributed by atoms with Gasteiger partial charge in [0.2, 0.25) is 5.91 Å². The van der Waals surface area contributed by atoms with E-state index < -0.39 is 0 Å². The number of carbonyl (C=O) groups is 1. The minimum Gasteiger partial charge on any atom is -0.494 e. The largest absolute Gasteiger partial charge is 0.494 e. The molecule has 1 amide bonds. The number of benzene rings is 1. The minimum atomic E-state index is 0.0337. The molecular weight excluding hydrogens is 302 g/mol. The van der Waals surface area contributed by atoms with Crippen molar-refractivity contribution in [3.05, 3.63) is 59.9 Å². The minimum absolute atomic E-state index is 0.0337. The lowest BCUT2D eigenvalue weighted by atomic mass is 10.2. The van der Waals surface area contributed by atoms with E-state index in [1.807, 2.05) is 36.4 Å². The number of amides is 1. The molecule has 0 saturated heterocycles. The van der Waals surface area contributed by atoms with Crippen molar-refractivity contribution in [1.29, 1.82) is 0 Å². The van der Waals surface area contributed by atoms with Crippen molar-refractivity contribution >= 4 is 5.91 Å². The number of ether oxygens (including phenoxy) is 1. The monoisotopic (exact) mass is 327 g/mol. The van der Waals surface area contributed by atoms with Crippen LogP contribution in [0.25, 0.3) is 0 Å². The van der Waals surface area contributed by atoms with Crippen LogP contribution in [0.1, 0.15) is 30.9 Å². The first-order chi connectivity index (χ1) is 11.8. The molecule has 0 aliphatic carbocycles. The fraction of sp³-hybridized carbons (Fsp3) is 0.368. The van der Waals surface area contributed by atoms with Gasteiger partial charge in [-0.3, -0.25) is 9.78 Å². The number of aromatic nitrogens is 1. The average molecular weight is 327 g/mol. The molecule has 0 radical (unpaired) electrons. The smallest absolute Gasteiger partial charge is 0.221 e. The Morgan fingerprint density at radius 1 is 1.17 bits per heavy atom. The molecular formula is C19H25N3O2. The maximum atomic E-state index is 11.8. The molecule has 0 aliphatic heterocycles. The molecule has 2 rings (SSSR count). The highest BCUT2D eigenvalue weighted by Crippen LogP contribution is 2.13. The van der Waals surface area contributed by atoms with Crippen LogP contribution in [0.15, 0.2) is 48.8 Å². The lowest BCUT2D eigenvalue weighted by Crippen LogP contribution is -2.27. The van der Waals surface area contributed by atoms with Crippen LogP contribution < -0.4 is 15.4 Å². The third-order valence-corrected chi connectivity index (χ3v) is 3.44. The Bertz CT molecular complexity index is 617. The molecule has 1 aromatic heterocycles. The predicted octanol–water partition coefficient (Wildman–Crippen LogP) is 2.67. The number of rotatable bonds is 10. The lowest BCUT2D eigenvalue weighted by Gasteiger charge is -2.09. The fourth-order valence-corrected chi connectivity index (χ4v) is 2.19. The van der Waals surface area contributed by atoms with E-state index in [1.165, 1.54) is 0 Å². The maximum absolute atomic E-state index is 11.8. The standard InChI is InChI=1S/C19H25N3O2/c1-2-11-24-18-7-3-5-16(12-18)13-21-10-8-19(23)22-15-17-6-4-9-20-14-17/h3-7,9,12,14,21H,2,8,10-11,13,15H2,1H3,(H,22,23). The molecule has 0 spiro atoms. The molecule has 128 valence electrons. The second-order valence-corrected chi connectivity index (χ2v) is 5.56. The van der Waals surface area contributed by atoms with Gasteiger partial charge in [0.1, 0.15) is 5.75 Å². The molecule has 2 aromatic rings. The summed E-state index contributed by atoms with van der Waals surface area (Å²) in [5.74, 6) is 0.928. The number of nitrogens with zero attached hydrogens (tertiary/aromatic N) is 1. The summed E-state index contributed by atoms with van der Waals surface area (Å²) < 4.78 is 5.62. The summed E-state index contributed by atoms with van der Waals surface area (Å²) in [6.45, 7) is 4.69. The SMILES string of the molecule is CCCOc1cccc(CNCCC(=O)NCc2cccnc2)c1. The number of pyridine rings is 1. The van der Waals surface area contributed by atoms with Crippen molar-refractivity contribution in [3.63, 3.8) is 0 Å². The Balaban J connectivity index is 1.62. The Kier molecular flexibility index (Phi) is 7.77. The van der Waals surface area contributed by atoms with Gasteiger partial charge in [-0.15, -0.1) is 0 Å². The van der Waals surface area contributed by atoms with Crippen molar-refractivity contribution in [2.75, 3.05) is 13.2 Å². The van der Waals surface area contributed by atoms with Crippen LogP contribution in [-0.4, -0.2) is 24.0 Å². The summed E-state index contributed by atoms with van der Waals surface area (Å²) in [5, 5.41) is 6.18. The topological polar surface area (TPSA) is 63.2 Å². The van der Waals surface area contributed by atoms with E-state index in [4.69, 9.17) is 4.74 Å². The highest BCUT2D eigenvalue weighted by molar-refractivity contribution is 5.76. The molecule has 0 saturated carbocycles. The van der Waals surface area contributed by atoms with Gasteiger partial charge in [-0.2, -0.15) is 0 Å². The fourth-order valence-electron chi connectivity index (χ4n) is 2.19. The predicted molar refractivity (Wildman–Crippen MR) is 94.6 cm³/mol. The molecule has 0 aliphatic rings. The molecule has 2 N–H and O–H groups in total. The summed E-state index contributed by atoms with van der Waals surface area (Å²) >= 11 is 0. The Morgan fingerprint density at radius 3 is 2.83 bits per heavy atom. The van der Waals surface area contributed by atoms with E-state index >= 15 is 0 Å². The molecule has 24 heavy (non-hydrogen) atoms. The Hall–Kier alpha value is -2.40. The summed E-state index contributed by atoms with van der Waals surface area (Å²) in [6.07, 6.45) is 4.92. The van der Waals surface area contributed by atoms with E-state index in [-0.39, 0.29) is 5.91 Å². The van der Waals surface area contributed by atoms with Crippen molar-refractivity contribution < 1.29 is 9.53 Å². The van der Waals surface area contributed by atoms with Gasteiger partial charge in [-0.25, -0.2) is 0 Å². The van der Waals surface area contributed by atoms with Gasteiger partial charge in [0.15, 0.2) is 0 Å². The van der Waals surface area contributed by atoms with Gasteiger partial charge in [0.05, 0.1) is 6.61 Å². The van der Waals surface area contributed by atoms with Gasteiger partial charge in [0, 0.05) is 38.4 Å². The van der Waals surface area contributed by atoms with Crippen LogP contribution in [0.4, 0.5) is 0 Å². The van der Waals surface area contributed by atoms with Crippen molar-refractivity contribution in [1.82, 2.24) is 15.6 Å². The highest BCUT2D eigenvalue weighted by Gasteiger charge is 2.02. The van der Waals surface area contributed by atoms with E-state index in [0.29, 0.717) is 19.5 Å². The lowest BCUT2D eigenvalue weighted by molar-refractivity contribution is -0.121. The molecule has 1 heterocycles. The van der Waals surface area contributed by atoms with Crippen molar-refractivity contribution in [3.8, 4) is 5.75 Å². The molecule has 5 nitrogen and oxygen atoms in total. The number of nitrogens with one attached hydrogen (secondary N) is 2. The second-order valence-electron chi connectivity index (χ2n) is 5.56. The summed E-state index contributed by atoms with van der Waals surface area (Å²) in [6, 6.07) is 11.8. The van der Waals surface area contributed by atoms with Crippen LogP contribution in [0.3, 0.4) is 0 Å². The molecule has 5 heteroatoms. The summed E-state index contributed by atoms with van der Waals surface area (Å²) in [7, 11) is 0. The summed E-state index contributed by atoms with van der Waals surface area (Å²) in [5.41, 5.74) is 2.15. The third-order valence-electron chi connectivity index (χ3n) is 3.44. The third kappa shape index (κ3) is 6.79. The quantitative estimate of drug-likeness (QED) is 0.659. The van der Waals surface area contributed by atoms with Crippen LogP contribution in [0, 0.1) is 0 Å². The number of carbonyl (C=O) groups excluding carboxylic acids is 1. The number of hydrogen-bond donors (Lipinski definition) is 2. The van der Waals surface area contributed by atoms with Crippen molar-refractivity contribution in [2.45, 2.75) is 32.9 Å². The molecule has 0 bridgehead atoms. The van der Waals surface area contributed by atoms with Crippen LogP contribution in [0.5, 0.6) is 5.75 Å². The van der Waals surface area contributed by atoms with Gasteiger partial charge < -0.3 is 15.4 Å². The van der Waals surface area contributed by atoms with Gasteiger partial charge in [-0.05, 0) is 35.7 Å². The Labute approximate surface area is 143 Å². The second kappa shape index (κ2) is 10.4. The van der Waals surface area contributed by atoms with E-state index in [0.717, 1.165) is 36.4 Å². The van der Waals surface area contributed by atoms with Gasteiger partial charge >= 0.3 is 0 Å². The first-order valence-corrected chi connectivity index (χ1v) is 8.36. The Morgan fingerprint density at radius 2 is 2.04 bits per heavy atom. The maximum Gasteiger partial charge on any atom is 0.221 e. The van der Waals surface area contributed by atoms with E-state index in [1.54, 1.807) is 12.4 Å². The highest BCUT2D eigenvalue weighted by atomic mass is 16.5. The van der Waals surface area contributed by atoms with Crippen LogP contribution in [-0.2, 0) is 17.9 Å². The van der Waals surface area contributed by atoms with E-state index in [2.05, 4.69) is 22.5 Å². The molecule has 1 aromatic carbocycles. The van der Waals surface area contributed by atoms with Crippen molar-refractivity contribution in [2.24, 2.45) is 0 Å². The first-order valence-electron chi connectivity index (χ1n) is 8.36.